The number of benzene rings is 6. The summed E-state index contributed by atoms with van der Waals surface area (Å²) >= 11 is 0. The van der Waals surface area contributed by atoms with Crippen molar-refractivity contribution in [1.29, 1.82) is 0 Å². The summed E-state index contributed by atoms with van der Waals surface area (Å²) in [7, 11) is 0. The molecule has 0 unspecified atom stereocenters. The van der Waals surface area contributed by atoms with Gasteiger partial charge in [0.15, 0.2) is 0 Å². The van der Waals surface area contributed by atoms with Gasteiger partial charge in [-0.2, -0.15) is 0 Å². The molecule has 3 heterocycles. The second kappa shape index (κ2) is 13.7. The summed E-state index contributed by atoms with van der Waals surface area (Å²) in [6, 6.07) is 49.2. The van der Waals surface area contributed by atoms with E-state index in [4.69, 9.17) is 14.2 Å². The van der Waals surface area contributed by atoms with Gasteiger partial charge in [0.05, 0.1) is 18.8 Å². The summed E-state index contributed by atoms with van der Waals surface area (Å²) in [6.45, 7) is 2.46. The smallest absolute Gasteiger partial charge is 0.339 e. The molecule has 3 aliphatic rings. The Morgan fingerprint density at radius 2 is 0.761 bits per heavy atom. The van der Waals surface area contributed by atoms with Gasteiger partial charge in [-0.25, -0.2) is 4.79 Å². The number of rotatable bonds is 0. The van der Waals surface area contributed by atoms with Gasteiger partial charge in [0, 0.05) is 6.42 Å². The lowest BCUT2D eigenvalue weighted by molar-refractivity contribution is 0.0479. The molecule has 0 fully saturated rings. The van der Waals surface area contributed by atoms with E-state index in [9.17, 15) is 4.79 Å². The molecule has 0 spiro atoms. The van der Waals surface area contributed by atoms with Gasteiger partial charge in [0.1, 0.15) is 19.0 Å². The van der Waals surface area contributed by atoms with Gasteiger partial charge in [-0.15, -0.1) is 0 Å². The number of cyclic esters (lactones) is 1. The van der Waals surface area contributed by atoms with Gasteiger partial charge < -0.3 is 14.2 Å². The number of carbonyl (C=O) groups excluding carboxylic acids is 1. The second-order valence-electron chi connectivity index (χ2n) is 11.4. The number of fused-ring (bicyclic) bond motifs is 8. The number of hydrogen-bond acceptors (Lipinski definition) is 4. The Kier molecular flexibility index (Phi) is 8.70. The minimum Gasteiger partial charge on any atom is -0.489 e. The maximum atomic E-state index is 11.8. The van der Waals surface area contributed by atoms with Gasteiger partial charge in [-0.1, -0.05) is 133 Å². The van der Waals surface area contributed by atoms with Crippen molar-refractivity contribution in [2.24, 2.45) is 0 Å². The number of carbonyl (C=O) groups is 1. The summed E-state index contributed by atoms with van der Waals surface area (Å²) in [4.78, 5) is 11.8. The fraction of sp³-hybridized carbons (Fsp3) is 0.119. The van der Waals surface area contributed by atoms with Gasteiger partial charge in [0.2, 0.25) is 0 Å². The molecule has 6 aromatic carbocycles. The van der Waals surface area contributed by atoms with E-state index in [1.54, 1.807) is 6.07 Å². The van der Waals surface area contributed by atoms with Crippen LogP contribution in [0.2, 0.25) is 0 Å². The van der Waals surface area contributed by atoms with Crippen LogP contribution in [0.25, 0.3) is 22.3 Å². The Hall–Kier alpha value is -5.45. The van der Waals surface area contributed by atoms with Crippen LogP contribution in [0.5, 0.6) is 5.75 Å². The molecule has 9 rings (SSSR count). The third-order valence-corrected chi connectivity index (χ3v) is 8.51. The highest BCUT2D eigenvalue weighted by Crippen LogP contribution is 2.32. The predicted molar refractivity (Wildman–Crippen MR) is 181 cm³/mol. The van der Waals surface area contributed by atoms with Gasteiger partial charge in [0.25, 0.3) is 0 Å². The van der Waals surface area contributed by atoms with Crippen LogP contribution in [0, 0.1) is 0 Å². The first-order valence-electron chi connectivity index (χ1n) is 15.6. The van der Waals surface area contributed by atoms with E-state index < -0.39 is 0 Å². The van der Waals surface area contributed by atoms with Crippen LogP contribution in [0.15, 0.2) is 146 Å². The number of hydrogen-bond donors (Lipinski definition) is 0. The second-order valence-corrected chi connectivity index (χ2v) is 11.4. The first kappa shape index (κ1) is 29.3. The zero-order valence-corrected chi connectivity index (χ0v) is 25.5. The van der Waals surface area contributed by atoms with E-state index in [1.807, 2.05) is 54.6 Å². The van der Waals surface area contributed by atoms with Crippen LogP contribution in [0.1, 0.15) is 43.7 Å². The largest absolute Gasteiger partial charge is 0.489 e. The fourth-order valence-electron chi connectivity index (χ4n) is 6.14. The third kappa shape index (κ3) is 6.35. The van der Waals surface area contributed by atoms with E-state index in [-0.39, 0.29) is 5.97 Å². The minimum atomic E-state index is -0.244. The Morgan fingerprint density at radius 3 is 1.39 bits per heavy atom. The zero-order chi connectivity index (χ0) is 31.1. The molecule has 4 nitrogen and oxygen atoms in total. The number of ether oxygens (including phenoxy) is 3. The van der Waals surface area contributed by atoms with E-state index in [2.05, 4.69) is 84.9 Å². The van der Waals surface area contributed by atoms with Crippen LogP contribution in [0.4, 0.5) is 0 Å². The molecule has 4 heteroatoms. The first-order valence-corrected chi connectivity index (χ1v) is 15.6. The molecule has 0 atom stereocenters. The van der Waals surface area contributed by atoms with Crippen molar-refractivity contribution in [3.05, 3.63) is 185 Å². The Bertz CT molecular complexity index is 1900. The van der Waals surface area contributed by atoms with E-state index in [1.165, 1.54) is 38.9 Å². The molecule has 3 aliphatic heterocycles. The monoisotopic (exact) mass is 602 g/mol. The molecule has 0 aliphatic carbocycles. The van der Waals surface area contributed by atoms with Crippen LogP contribution in [-0.2, 0) is 42.3 Å². The highest BCUT2D eigenvalue weighted by molar-refractivity contribution is 5.98. The van der Waals surface area contributed by atoms with Crippen molar-refractivity contribution in [2.75, 3.05) is 0 Å². The highest BCUT2D eigenvalue weighted by Gasteiger charge is 2.20. The molecule has 0 saturated carbocycles. The molecular weight excluding hydrogens is 568 g/mol. The van der Waals surface area contributed by atoms with E-state index in [0.29, 0.717) is 32.0 Å². The van der Waals surface area contributed by atoms with Crippen molar-refractivity contribution in [3.63, 3.8) is 0 Å². The highest BCUT2D eigenvalue weighted by atomic mass is 16.5. The number of para-hydroxylation sites is 1. The maximum Gasteiger partial charge on any atom is 0.339 e. The Morgan fingerprint density at radius 1 is 0.348 bits per heavy atom. The molecular formula is C42H34O4. The minimum absolute atomic E-state index is 0.244. The van der Waals surface area contributed by atoms with Crippen molar-refractivity contribution < 1.29 is 19.0 Å². The quantitative estimate of drug-likeness (QED) is 0.162. The topological polar surface area (TPSA) is 44.8 Å². The molecule has 0 radical (unpaired) electrons. The molecule has 0 N–H and O–H groups in total. The summed E-state index contributed by atoms with van der Waals surface area (Å²) in [5.41, 5.74) is 12.9. The lowest BCUT2D eigenvalue weighted by Gasteiger charge is -2.06. The summed E-state index contributed by atoms with van der Waals surface area (Å²) in [5, 5.41) is 0. The summed E-state index contributed by atoms with van der Waals surface area (Å²) in [6.07, 6.45) is 0.979. The molecule has 0 bridgehead atoms. The fourth-order valence-corrected chi connectivity index (χ4v) is 6.14. The molecule has 226 valence electrons. The van der Waals surface area contributed by atoms with Crippen LogP contribution in [0.3, 0.4) is 0 Å². The van der Waals surface area contributed by atoms with Crippen molar-refractivity contribution in [3.8, 4) is 28.0 Å². The lowest BCUT2D eigenvalue weighted by Crippen LogP contribution is -2.02. The van der Waals surface area contributed by atoms with Crippen molar-refractivity contribution >= 4 is 5.97 Å². The summed E-state index contributed by atoms with van der Waals surface area (Å²) < 4.78 is 16.6. The lowest BCUT2D eigenvalue weighted by atomic mass is 9.97. The number of esters is 1. The molecule has 0 aromatic heterocycles. The van der Waals surface area contributed by atoms with E-state index in [0.717, 1.165) is 28.9 Å². The molecule has 6 aromatic rings. The van der Waals surface area contributed by atoms with Crippen LogP contribution >= 0.6 is 0 Å². The molecule has 0 saturated heterocycles. The molecule has 0 amide bonds. The van der Waals surface area contributed by atoms with E-state index >= 15 is 0 Å². The van der Waals surface area contributed by atoms with Crippen LogP contribution in [-0.4, -0.2) is 5.97 Å². The SMILES string of the molecule is O=C1OCc2ccccc2-c2ccccc21.c1ccc2c(c1)COCc1ccccc1-2.c1ccc2c(c1)COc1ccccc1C2. The third-order valence-electron chi connectivity index (χ3n) is 8.51. The first-order chi connectivity index (χ1) is 22.7. The average Bonchev–Trinajstić information content (AvgIpc) is 3.50. The Balaban J connectivity index is 0.000000110. The van der Waals surface area contributed by atoms with Gasteiger partial charge in [-0.05, 0) is 67.8 Å². The standard InChI is InChI=1S/C14H10O2.2C14H12O/c15-14-13-8-4-3-7-12(13)11-6-2-1-5-10(11)9-16-14;1-3-7-13-11(5-1)9-15-10-12-6-2-4-8-14(12)13;1-2-7-13-10-15-14-8-4-3-6-12(14)9-11(13)5-1/h1-8H,9H2;2*1-8H,9-10H2. The molecule has 46 heavy (non-hydrogen) atoms. The van der Waals surface area contributed by atoms with Gasteiger partial charge in [-0.3, -0.25) is 0 Å². The zero-order valence-electron chi connectivity index (χ0n) is 25.5. The predicted octanol–water partition coefficient (Wildman–Crippen LogP) is 9.58. The van der Waals surface area contributed by atoms with Gasteiger partial charge >= 0.3 is 5.97 Å². The maximum absolute atomic E-state index is 11.8. The van der Waals surface area contributed by atoms with Crippen molar-refractivity contribution in [1.82, 2.24) is 0 Å². The normalized spacial score (nSPS) is 13.5. The average molecular weight is 603 g/mol. The Labute approximate surface area is 269 Å². The summed E-state index contributed by atoms with van der Waals surface area (Å²) in [5.74, 6) is 0.778. The van der Waals surface area contributed by atoms with Crippen LogP contribution < -0.4 is 4.74 Å². The van der Waals surface area contributed by atoms with Crippen molar-refractivity contribution in [2.45, 2.75) is 32.8 Å².